The van der Waals surface area contributed by atoms with Crippen LogP contribution < -0.4 is 16.0 Å². The Morgan fingerprint density at radius 1 is 1.16 bits per heavy atom. The number of carbonyl (C=O) groups excluding carboxylic acids is 1. The second-order valence-corrected chi connectivity index (χ2v) is 7.65. The van der Waals surface area contributed by atoms with Crippen LogP contribution in [0, 0.1) is 11.7 Å². The minimum absolute atomic E-state index is 0.0258. The molecule has 1 saturated heterocycles. The molecule has 3 atom stereocenters. The van der Waals surface area contributed by atoms with E-state index < -0.39 is 23.9 Å². The van der Waals surface area contributed by atoms with Crippen LogP contribution in [0.3, 0.4) is 0 Å². The molecule has 1 amide bonds. The number of rotatable bonds is 4. The van der Waals surface area contributed by atoms with E-state index in [0.29, 0.717) is 24.3 Å². The highest BCUT2D eigenvalue weighted by Crippen LogP contribution is 2.29. The lowest BCUT2D eigenvalue weighted by Gasteiger charge is -2.40. The topological polar surface area (TPSA) is 117 Å². The maximum absolute atomic E-state index is 14.3. The predicted octanol–water partition coefficient (Wildman–Crippen LogP) is 2.07. The molecule has 0 aromatic carbocycles. The van der Waals surface area contributed by atoms with Crippen molar-refractivity contribution in [3.8, 4) is 11.3 Å². The fourth-order valence-corrected chi connectivity index (χ4v) is 3.74. The number of amides is 1. The third-order valence-corrected chi connectivity index (χ3v) is 5.38. The van der Waals surface area contributed by atoms with Gasteiger partial charge in [-0.1, -0.05) is 6.92 Å². The van der Waals surface area contributed by atoms with E-state index in [1.807, 2.05) is 11.8 Å². The summed E-state index contributed by atoms with van der Waals surface area (Å²) in [5.41, 5.74) is 7.98. The number of aromatic nitrogens is 3. The zero-order chi connectivity index (χ0) is 22.0. The number of pyridine rings is 3. The van der Waals surface area contributed by atoms with Gasteiger partial charge in [0.25, 0.3) is 5.91 Å². The first-order valence-corrected chi connectivity index (χ1v) is 9.95. The van der Waals surface area contributed by atoms with E-state index in [4.69, 9.17) is 5.73 Å². The molecule has 4 N–H and O–H groups in total. The van der Waals surface area contributed by atoms with Crippen molar-refractivity contribution in [3.63, 3.8) is 0 Å². The molecule has 0 spiro atoms. The molecular weight excluding hydrogens is 399 g/mol. The number of hydrogen-bond donors (Lipinski definition) is 3. The zero-order valence-electron chi connectivity index (χ0n) is 16.9. The van der Waals surface area contributed by atoms with Crippen LogP contribution in [0.2, 0.25) is 0 Å². The fraction of sp³-hybridized carbons (Fsp3) is 0.273. The molecule has 3 aromatic heterocycles. The molecule has 160 valence electrons. The van der Waals surface area contributed by atoms with Crippen LogP contribution in [0.4, 0.5) is 15.8 Å². The molecule has 0 aliphatic carbocycles. The lowest BCUT2D eigenvalue weighted by atomic mass is 9.92. The highest BCUT2D eigenvalue weighted by molar-refractivity contribution is 6.04. The molecule has 4 rings (SSSR count). The molecule has 0 radical (unpaired) electrons. The van der Waals surface area contributed by atoms with Crippen LogP contribution in [-0.2, 0) is 0 Å². The van der Waals surface area contributed by atoms with Gasteiger partial charge in [0.05, 0.1) is 23.7 Å². The van der Waals surface area contributed by atoms with Gasteiger partial charge >= 0.3 is 0 Å². The third kappa shape index (κ3) is 4.37. The normalized spacial score (nSPS) is 21.0. The van der Waals surface area contributed by atoms with Gasteiger partial charge in [0.15, 0.2) is 0 Å². The van der Waals surface area contributed by atoms with E-state index in [-0.39, 0.29) is 17.3 Å². The van der Waals surface area contributed by atoms with Gasteiger partial charge in [-0.05, 0) is 30.3 Å². The quantitative estimate of drug-likeness (QED) is 0.589. The standard InChI is InChI=1S/C22H23FN6O2/c1-13-11-29(12-16(24)21(13)30)19-6-9-26-10-18(19)28-22(31)17-3-2-15(23)20(27-17)14-4-7-25-8-5-14/h2-10,13,16,21,30H,11-12,24H2,1H3,(H,28,31)/t13-,16+,21+/m0/s1. The first-order chi connectivity index (χ1) is 14.9. The largest absolute Gasteiger partial charge is 0.391 e. The van der Waals surface area contributed by atoms with Crippen molar-refractivity contribution in [3.05, 3.63) is 66.6 Å². The molecule has 4 heterocycles. The lowest BCUT2D eigenvalue weighted by molar-refractivity contribution is 0.0785. The van der Waals surface area contributed by atoms with Gasteiger partial charge in [-0.3, -0.25) is 14.8 Å². The summed E-state index contributed by atoms with van der Waals surface area (Å²) in [6, 6.07) is 7.19. The molecule has 1 aliphatic rings. The monoisotopic (exact) mass is 422 g/mol. The molecule has 0 saturated carbocycles. The van der Waals surface area contributed by atoms with Gasteiger partial charge in [0, 0.05) is 49.2 Å². The number of nitrogens with zero attached hydrogens (tertiary/aromatic N) is 4. The molecule has 0 unspecified atom stereocenters. The van der Waals surface area contributed by atoms with Gasteiger partial charge < -0.3 is 21.1 Å². The first kappa shape index (κ1) is 20.8. The second kappa shape index (κ2) is 8.75. The number of aliphatic hydroxyl groups is 1. The predicted molar refractivity (Wildman–Crippen MR) is 115 cm³/mol. The Hall–Kier alpha value is -3.43. The van der Waals surface area contributed by atoms with E-state index in [9.17, 15) is 14.3 Å². The fourth-order valence-electron chi connectivity index (χ4n) is 3.74. The summed E-state index contributed by atoms with van der Waals surface area (Å²) in [7, 11) is 0. The minimum atomic E-state index is -0.578. The SMILES string of the molecule is C[C@H]1CN(c2ccncc2NC(=O)c2ccc(F)c(-c3ccncc3)n2)C[C@@H](N)[C@@H]1O. The van der Waals surface area contributed by atoms with E-state index in [2.05, 4.69) is 20.3 Å². The lowest BCUT2D eigenvalue weighted by Crippen LogP contribution is -2.55. The number of nitrogens with one attached hydrogen (secondary N) is 1. The van der Waals surface area contributed by atoms with Crippen molar-refractivity contribution < 1.29 is 14.3 Å². The molecule has 0 bridgehead atoms. The average molecular weight is 422 g/mol. The van der Waals surface area contributed by atoms with Gasteiger partial charge in [0.1, 0.15) is 17.2 Å². The average Bonchev–Trinajstić information content (AvgIpc) is 2.78. The highest BCUT2D eigenvalue weighted by Gasteiger charge is 2.32. The summed E-state index contributed by atoms with van der Waals surface area (Å²) in [5.74, 6) is -1.04. The Kier molecular flexibility index (Phi) is 5.88. The number of piperidine rings is 1. The van der Waals surface area contributed by atoms with Crippen LogP contribution in [0.15, 0.2) is 55.1 Å². The van der Waals surface area contributed by atoms with Gasteiger partial charge in [0.2, 0.25) is 0 Å². The number of halogens is 1. The Balaban J connectivity index is 1.59. The number of anilines is 2. The molecule has 9 heteroatoms. The summed E-state index contributed by atoms with van der Waals surface area (Å²) >= 11 is 0. The molecule has 3 aromatic rings. The molecule has 31 heavy (non-hydrogen) atoms. The summed E-state index contributed by atoms with van der Waals surface area (Å²) in [4.78, 5) is 27.2. The van der Waals surface area contributed by atoms with E-state index >= 15 is 0 Å². The smallest absolute Gasteiger partial charge is 0.274 e. The Morgan fingerprint density at radius 3 is 2.65 bits per heavy atom. The molecule has 1 aliphatic heterocycles. The van der Waals surface area contributed by atoms with Crippen LogP contribution in [0.25, 0.3) is 11.3 Å². The van der Waals surface area contributed by atoms with Crippen LogP contribution in [0.1, 0.15) is 17.4 Å². The van der Waals surface area contributed by atoms with Gasteiger partial charge in [-0.2, -0.15) is 0 Å². The summed E-state index contributed by atoms with van der Waals surface area (Å²) in [5, 5.41) is 13.0. The van der Waals surface area contributed by atoms with Crippen molar-refractivity contribution in [1.82, 2.24) is 15.0 Å². The number of aliphatic hydroxyl groups excluding tert-OH is 1. The van der Waals surface area contributed by atoms with Crippen molar-refractivity contribution in [2.24, 2.45) is 11.7 Å². The van der Waals surface area contributed by atoms with Gasteiger partial charge in [-0.15, -0.1) is 0 Å². The van der Waals surface area contributed by atoms with Crippen LogP contribution in [-0.4, -0.2) is 51.2 Å². The number of nitrogens with two attached hydrogens (primary N) is 1. The molecule has 1 fully saturated rings. The Labute approximate surface area is 179 Å². The minimum Gasteiger partial charge on any atom is -0.391 e. The van der Waals surface area contributed by atoms with E-state index in [1.54, 1.807) is 30.6 Å². The number of hydrogen-bond acceptors (Lipinski definition) is 7. The Bertz CT molecular complexity index is 1070. The van der Waals surface area contributed by atoms with Crippen molar-refractivity contribution in [2.75, 3.05) is 23.3 Å². The molecule has 8 nitrogen and oxygen atoms in total. The molecular formula is C22H23FN6O2. The third-order valence-electron chi connectivity index (χ3n) is 5.38. The maximum Gasteiger partial charge on any atom is 0.274 e. The van der Waals surface area contributed by atoms with Crippen LogP contribution in [0.5, 0.6) is 0 Å². The maximum atomic E-state index is 14.3. The van der Waals surface area contributed by atoms with Crippen molar-refractivity contribution >= 4 is 17.3 Å². The highest BCUT2D eigenvalue weighted by atomic mass is 19.1. The Morgan fingerprint density at radius 2 is 1.90 bits per heavy atom. The zero-order valence-corrected chi connectivity index (χ0v) is 16.9. The first-order valence-electron chi connectivity index (χ1n) is 9.95. The van der Waals surface area contributed by atoms with Gasteiger partial charge in [-0.25, -0.2) is 9.37 Å². The van der Waals surface area contributed by atoms with Crippen molar-refractivity contribution in [1.29, 1.82) is 0 Å². The van der Waals surface area contributed by atoms with Crippen LogP contribution >= 0.6 is 0 Å². The summed E-state index contributed by atoms with van der Waals surface area (Å²) in [6.07, 6.45) is 5.66. The number of carbonyl (C=O) groups is 1. The van der Waals surface area contributed by atoms with E-state index in [1.165, 1.54) is 24.5 Å². The summed E-state index contributed by atoms with van der Waals surface area (Å²) in [6.45, 7) is 2.96. The van der Waals surface area contributed by atoms with E-state index in [0.717, 1.165) is 5.69 Å². The van der Waals surface area contributed by atoms with Crippen molar-refractivity contribution in [2.45, 2.75) is 19.1 Å². The second-order valence-electron chi connectivity index (χ2n) is 7.65. The summed E-state index contributed by atoms with van der Waals surface area (Å²) < 4.78 is 14.3.